The van der Waals surface area contributed by atoms with E-state index < -0.39 is 0 Å². The molecule has 0 unspecified atom stereocenters. The van der Waals surface area contributed by atoms with E-state index >= 15 is 0 Å². The fourth-order valence-electron chi connectivity index (χ4n) is 4.31. The number of carbonyl (C=O) groups is 2. The summed E-state index contributed by atoms with van der Waals surface area (Å²) in [5.41, 5.74) is 0.840. The molecule has 4 rings (SSSR count). The van der Waals surface area contributed by atoms with Crippen molar-refractivity contribution in [1.29, 1.82) is 0 Å². The van der Waals surface area contributed by atoms with E-state index in [2.05, 4.69) is 10.2 Å². The number of hydrogen-bond donors (Lipinski definition) is 0. The topological polar surface area (TPSA) is 80.0 Å². The first kappa shape index (κ1) is 18.7. The molecule has 8 nitrogen and oxygen atoms in total. The van der Waals surface area contributed by atoms with Gasteiger partial charge in [-0.3, -0.25) is 9.20 Å². The third-order valence-corrected chi connectivity index (χ3v) is 5.81. The summed E-state index contributed by atoms with van der Waals surface area (Å²) in [4.78, 5) is 28.6. The zero-order valence-corrected chi connectivity index (χ0v) is 16.3. The van der Waals surface area contributed by atoms with E-state index in [1.54, 1.807) is 11.8 Å². The number of rotatable bonds is 3. The van der Waals surface area contributed by atoms with Gasteiger partial charge in [0.15, 0.2) is 5.65 Å². The van der Waals surface area contributed by atoms with Gasteiger partial charge in [-0.15, -0.1) is 10.2 Å². The SMILES string of the molecule is CCOC(=O)N1CCC(C(=O)N2CCC[C@@H](c3nnc4ccccn34)C2)CC1. The van der Waals surface area contributed by atoms with Crippen LogP contribution < -0.4 is 0 Å². The molecular formula is C20H27N5O3. The van der Waals surface area contributed by atoms with Crippen molar-refractivity contribution >= 4 is 17.6 Å². The van der Waals surface area contributed by atoms with E-state index in [-0.39, 0.29) is 23.8 Å². The zero-order valence-electron chi connectivity index (χ0n) is 16.3. The number of amides is 2. The molecule has 8 heteroatoms. The predicted octanol–water partition coefficient (Wildman–Crippen LogP) is 2.30. The summed E-state index contributed by atoms with van der Waals surface area (Å²) in [5, 5.41) is 8.64. The fourth-order valence-corrected chi connectivity index (χ4v) is 4.31. The molecule has 2 aliphatic rings. The highest BCUT2D eigenvalue weighted by molar-refractivity contribution is 5.79. The summed E-state index contributed by atoms with van der Waals surface area (Å²) >= 11 is 0. The Labute approximate surface area is 164 Å². The first-order chi connectivity index (χ1) is 13.7. The van der Waals surface area contributed by atoms with Crippen molar-refractivity contribution in [1.82, 2.24) is 24.4 Å². The van der Waals surface area contributed by atoms with Gasteiger partial charge < -0.3 is 14.5 Å². The molecule has 2 fully saturated rings. The lowest BCUT2D eigenvalue weighted by Crippen LogP contribution is -2.47. The van der Waals surface area contributed by atoms with E-state index in [0.29, 0.717) is 39.1 Å². The Morgan fingerprint density at radius 3 is 2.71 bits per heavy atom. The number of likely N-dealkylation sites (tertiary alicyclic amines) is 2. The molecule has 0 radical (unpaired) electrons. The molecule has 2 amide bonds. The van der Waals surface area contributed by atoms with Crippen LogP contribution in [0.25, 0.3) is 5.65 Å². The molecule has 0 bridgehead atoms. The van der Waals surface area contributed by atoms with Crippen LogP contribution >= 0.6 is 0 Å². The standard InChI is InChI=1S/C20H27N5O3/c1-2-28-20(27)23-12-8-15(9-13-23)19(26)24-10-5-6-16(14-24)18-22-21-17-7-3-4-11-25(17)18/h3-4,7,11,15-16H,2,5-6,8-10,12-14H2,1H3/t16-/m1/s1. The van der Waals surface area contributed by atoms with Crippen molar-refractivity contribution in [3.05, 3.63) is 30.2 Å². The maximum atomic E-state index is 13.1. The molecule has 0 spiro atoms. The van der Waals surface area contributed by atoms with Crippen molar-refractivity contribution in [2.75, 3.05) is 32.8 Å². The Bertz CT molecular complexity index is 843. The molecule has 2 aromatic rings. The Morgan fingerprint density at radius 1 is 1.11 bits per heavy atom. The highest BCUT2D eigenvalue weighted by Crippen LogP contribution is 2.29. The summed E-state index contributed by atoms with van der Waals surface area (Å²) in [6.07, 6.45) is 5.10. The quantitative estimate of drug-likeness (QED) is 0.810. The molecule has 4 heterocycles. The summed E-state index contributed by atoms with van der Waals surface area (Å²) in [6, 6.07) is 5.87. The second-order valence-electron chi connectivity index (χ2n) is 7.57. The minimum absolute atomic E-state index is 0.0143. The van der Waals surface area contributed by atoms with Gasteiger partial charge in [0.05, 0.1) is 6.61 Å². The minimum Gasteiger partial charge on any atom is -0.450 e. The van der Waals surface area contributed by atoms with Crippen molar-refractivity contribution in [2.24, 2.45) is 5.92 Å². The third-order valence-electron chi connectivity index (χ3n) is 5.81. The summed E-state index contributed by atoms with van der Waals surface area (Å²) < 4.78 is 7.08. The van der Waals surface area contributed by atoms with Gasteiger partial charge in [-0.05, 0) is 44.7 Å². The highest BCUT2D eigenvalue weighted by atomic mass is 16.6. The second kappa shape index (κ2) is 8.16. The fraction of sp³-hybridized carbons (Fsp3) is 0.600. The van der Waals surface area contributed by atoms with Crippen LogP contribution in [0.3, 0.4) is 0 Å². The lowest BCUT2D eigenvalue weighted by Gasteiger charge is -2.37. The van der Waals surface area contributed by atoms with E-state index in [1.807, 2.05) is 33.7 Å². The maximum Gasteiger partial charge on any atom is 0.409 e. The smallest absolute Gasteiger partial charge is 0.409 e. The molecule has 2 aromatic heterocycles. The summed E-state index contributed by atoms with van der Waals surface area (Å²) in [5.74, 6) is 1.33. The van der Waals surface area contributed by atoms with E-state index in [4.69, 9.17) is 4.74 Å². The van der Waals surface area contributed by atoms with Gasteiger partial charge in [-0.25, -0.2) is 4.79 Å². The number of nitrogens with zero attached hydrogens (tertiary/aromatic N) is 5. The molecule has 1 atom stereocenters. The first-order valence-electron chi connectivity index (χ1n) is 10.2. The Kier molecular flexibility index (Phi) is 5.45. The molecule has 150 valence electrons. The zero-order chi connectivity index (χ0) is 19.5. The van der Waals surface area contributed by atoms with Gasteiger partial charge >= 0.3 is 6.09 Å². The number of aromatic nitrogens is 3. The van der Waals surface area contributed by atoms with Crippen molar-refractivity contribution in [3.63, 3.8) is 0 Å². The molecule has 0 N–H and O–H groups in total. The minimum atomic E-state index is -0.273. The largest absolute Gasteiger partial charge is 0.450 e. The van der Waals surface area contributed by atoms with Crippen molar-refractivity contribution in [2.45, 2.75) is 38.5 Å². The number of hydrogen-bond acceptors (Lipinski definition) is 5. The highest BCUT2D eigenvalue weighted by Gasteiger charge is 2.34. The predicted molar refractivity (Wildman–Crippen MR) is 103 cm³/mol. The summed E-state index contributed by atoms with van der Waals surface area (Å²) in [6.45, 7) is 4.84. The number of piperidine rings is 2. The Balaban J connectivity index is 1.38. The van der Waals surface area contributed by atoms with Gasteiger partial charge in [-0.2, -0.15) is 0 Å². The number of fused-ring (bicyclic) bond motifs is 1. The number of carbonyl (C=O) groups excluding carboxylic acids is 2. The van der Waals surface area contributed by atoms with Crippen molar-refractivity contribution in [3.8, 4) is 0 Å². The maximum absolute atomic E-state index is 13.1. The number of pyridine rings is 1. The van der Waals surface area contributed by atoms with Crippen LogP contribution in [0.4, 0.5) is 4.79 Å². The van der Waals surface area contributed by atoms with Gasteiger partial charge in [0, 0.05) is 44.2 Å². The average Bonchev–Trinajstić information content (AvgIpc) is 3.18. The number of ether oxygens (including phenoxy) is 1. The van der Waals surface area contributed by atoms with Crippen LogP contribution in [-0.4, -0.2) is 69.2 Å². The van der Waals surface area contributed by atoms with Crippen LogP contribution in [0.1, 0.15) is 44.3 Å². The molecule has 0 saturated carbocycles. The van der Waals surface area contributed by atoms with Gasteiger partial charge in [0.1, 0.15) is 5.82 Å². The van der Waals surface area contributed by atoms with Crippen LogP contribution in [0.5, 0.6) is 0 Å². The van der Waals surface area contributed by atoms with Gasteiger partial charge in [-0.1, -0.05) is 6.07 Å². The van der Waals surface area contributed by atoms with E-state index in [9.17, 15) is 9.59 Å². The molecular weight excluding hydrogens is 358 g/mol. The van der Waals surface area contributed by atoms with Crippen LogP contribution in [-0.2, 0) is 9.53 Å². The molecule has 0 aromatic carbocycles. The van der Waals surface area contributed by atoms with Crippen LogP contribution in [0.15, 0.2) is 24.4 Å². The molecule has 0 aliphatic carbocycles. The van der Waals surface area contributed by atoms with Crippen molar-refractivity contribution < 1.29 is 14.3 Å². The molecule has 28 heavy (non-hydrogen) atoms. The molecule has 2 aliphatic heterocycles. The Hall–Kier alpha value is -2.64. The molecule has 2 saturated heterocycles. The summed E-state index contributed by atoms with van der Waals surface area (Å²) in [7, 11) is 0. The second-order valence-corrected chi connectivity index (χ2v) is 7.57. The van der Waals surface area contributed by atoms with Crippen LogP contribution in [0.2, 0.25) is 0 Å². The van der Waals surface area contributed by atoms with E-state index in [0.717, 1.165) is 30.9 Å². The van der Waals surface area contributed by atoms with Gasteiger partial charge in [0.25, 0.3) is 0 Å². The lowest BCUT2D eigenvalue weighted by atomic mass is 9.92. The monoisotopic (exact) mass is 385 g/mol. The third kappa shape index (κ3) is 3.68. The van der Waals surface area contributed by atoms with E-state index in [1.165, 1.54) is 0 Å². The van der Waals surface area contributed by atoms with Gasteiger partial charge in [0.2, 0.25) is 5.91 Å². The lowest BCUT2D eigenvalue weighted by molar-refractivity contribution is -0.138. The Morgan fingerprint density at radius 2 is 1.93 bits per heavy atom. The van der Waals surface area contributed by atoms with Crippen LogP contribution in [0, 0.1) is 5.92 Å². The first-order valence-corrected chi connectivity index (χ1v) is 10.2. The average molecular weight is 385 g/mol. The normalized spacial score (nSPS) is 21.1.